The van der Waals surface area contributed by atoms with Crippen LogP contribution in [0.5, 0.6) is 0 Å². The van der Waals surface area contributed by atoms with Crippen molar-refractivity contribution in [3.63, 3.8) is 0 Å². The molecule has 0 bridgehead atoms. The molecular formula is C13H15N2O5PS. The summed E-state index contributed by atoms with van der Waals surface area (Å²) in [5, 5.41) is 15.6. The normalized spacial score (nSPS) is 12.8. The van der Waals surface area contributed by atoms with Crippen LogP contribution in [0.1, 0.15) is 10.7 Å². The molecule has 1 atom stereocenters. The van der Waals surface area contributed by atoms with Crippen molar-refractivity contribution in [2.24, 2.45) is 0 Å². The van der Waals surface area contributed by atoms with Gasteiger partial charge in [-0.1, -0.05) is 6.07 Å². The number of non-ortho nitro benzene ring substituents is 1. The van der Waals surface area contributed by atoms with Gasteiger partial charge in [0.15, 0.2) is 5.78 Å². The van der Waals surface area contributed by atoms with Gasteiger partial charge in [-0.2, -0.15) is 0 Å². The Morgan fingerprint density at radius 1 is 1.23 bits per heavy atom. The minimum Gasteiger partial charge on any atom is -0.367 e. The van der Waals surface area contributed by atoms with Gasteiger partial charge in [-0.3, -0.25) is 14.7 Å². The molecule has 0 aliphatic heterocycles. The second kappa shape index (κ2) is 7.02. The number of nitro benzene ring substituents is 1. The van der Waals surface area contributed by atoms with Crippen LogP contribution in [0, 0.1) is 10.1 Å². The number of rotatable bonds is 7. The van der Waals surface area contributed by atoms with Crippen molar-refractivity contribution in [1.82, 2.24) is 0 Å². The van der Waals surface area contributed by atoms with Gasteiger partial charge in [0.2, 0.25) is 0 Å². The van der Waals surface area contributed by atoms with Crippen LogP contribution in [0.4, 0.5) is 11.4 Å². The molecule has 7 nitrogen and oxygen atoms in total. The van der Waals surface area contributed by atoms with Gasteiger partial charge in [0.1, 0.15) is 0 Å². The summed E-state index contributed by atoms with van der Waals surface area (Å²) in [6.07, 6.45) is 0. The summed E-state index contributed by atoms with van der Waals surface area (Å²) < 4.78 is 22.9. The molecule has 1 unspecified atom stereocenters. The van der Waals surface area contributed by atoms with E-state index in [1.54, 1.807) is 12.1 Å². The molecule has 2 aromatic rings. The van der Waals surface area contributed by atoms with E-state index in [4.69, 9.17) is 9.05 Å². The van der Waals surface area contributed by atoms with Crippen LogP contribution in [0.3, 0.4) is 0 Å². The van der Waals surface area contributed by atoms with E-state index < -0.39 is 18.3 Å². The Balaban J connectivity index is 2.31. The highest BCUT2D eigenvalue weighted by atomic mass is 32.1. The summed E-state index contributed by atoms with van der Waals surface area (Å²) in [7, 11) is -0.767. The Morgan fingerprint density at radius 3 is 2.32 bits per heavy atom. The first kappa shape index (κ1) is 16.6. The van der Waals surface area contributed by atoms with Crippen LogP contribution in [0.15, 0.2) is 41.8 Å². The molecule has 118 valence electrons. The number of nitrogens with one attached hydrogen (secondary N) is 1. The Kier molecular flexibility index (Phi) is 5.31. The summed E-state index contributed by atoms with van der Waals surface area (Å²) >= 11 is 1.41. The molecule has 9 heteroatoms. The average Bonchev–Trinajstić information content (AvgIpc) is 3.06. The molecule has 0 saturated carbocycles. The van der Waals surface area contributed by atoms with Crippen LogP contribution in [-0.4, -0.2) is 19.1 Å². The molecule has 1 N–H and O–H groups in total. The first-order valence-corrected chi connectivity index (χ1v) is 8.75. The first-order chi connectivity index (χ1) is 10.5. The number of benzene rings is 1. The lowest BCUT2D eigenvalue weighted by Crippen LogP contribution is -2.12. The lowest BCUT2D eigenvalue weighted by Gasteiger charge is -2.25. The number of thiophene rings is 1. The number of nitro groups is 1. The number of anilines is 1. The van der Waals surface area contributed by atoms with E-state index >= 15 is 0 Å². The van der Waals surface area contributed by atoms with Crippen molar-refractivity contribution in [1.29, 1.82) is 0 Å². The third-order valence-corrected chi connectivity index (χ3v) is 6.19. The molecule has 0 amide bonds. The maximum Gasteiger partial charge on any atom is 0.357 e. The Labute approximate surface area is 131 Å². The van der Waals surface area contributed by atoms with E-state index in [0.717, 1.165) is 4.88 Å². The fourth-order valence-corrected chi connectivity index (χ4v) is 4.38. The zero-order valence-corrected chi connectivity index (χ0v) is 13.7. The number of nitrogens with zero attached hydrogens (tertiary/aromatic N) is 1. The highest BCUT2D eigenvalue weighted by molar-refractivity contribution is 7.54. The Hall–Kier alpha value is -1.73. The molecule has 0 radical (unpaired) electrons. The first-order valence-electron chi connectivity index (χ1n) is 6.26. The van der Waals surface area contributed by atoms with Crippen molar-refractivity contribution in [2.75, 3.05) is 19.5 Å². The lowest BCUT2D eigenvalue weighted by molar-refractivity contribution is -0.384. The monoisotopic (exact) mass is 342 g/mol. The van der Waals surface area contributed by atoms with Gasteiger partial charge in [-0.15, -0.1) is 11.3 Å². The van der Waals surface area contributed by atoms with Gasteiger partial charge in [0.05, 0.1) is 4.92 Å². The van der Waals surface area contributed by atoms with Crippen molar-refractivity contribution in [2.45, 2.75) is 5.78 Å². The zero-order chi connectivity index (χ0) is 16.2. The summed E-state index contributed by atoms with van der Waals surface area (Å²) in [5.74, 6) is -0.691. The van der Waals surface area contributed by atoms with Crippen LogP contribution < -0.4 is 5.32 Å². The van der Waals surface area contributed by atoms with E-state index in [1.165, 1.54) is 37.7 Å². The molecule has 0 fully saturated rings. The van der Waals surface area contributed by atoms with Crippen molar-refractivity contribution in [3.05, 3.63) is 56.8 Å². The summed E-state index contributed by atoms with van der Waals surface area (Å²) in [4.78, 5) is 11.0. The smallest absolute Gasteiger partial charge is 0.357 e. The van der Waals surface area contributed by atoms with E-state index in [-0.39, 0.29) is 5.69 Å². The van der Waals surface area contributed by atoms with Gasteiger partial charge >= 0.3 is 7.60 Å². The van der Waals surface area contributed by atoms with E-state index in [1.807, 2.05) is 17.5 Å². The second-order valence-electron chi connectivity index (χ2n) is 4.27. The topological polar surface area (TPSA) is 90.7 Å². The maximum absolute atomic E-state index is 12.7. The van der Waals surface area contributed by atoms with Crippen LogP contribution in [0.2, 0.25) is 0 Å². The third kappa shape index (κ3) is 3.53. The molecule has 1 aromatic heterocycles. The molecule has 0 saturated heterocycles. The zero-order valence-electron chi connectivity index (χ0n) is 12.0. The summed E-state index contributed by atoms with van der Waals surface area (Å²) in [5.41, 5.74) is 0.568. The predicted octanol–water partition coefficient (Wildman–Crippen LogP) is 4.25. The molecule has 1 heterocycles. The number of hydrogen-bond acceptors (Lipinski definition) is 7. The molecule has 0 aliphatic rings. The molecule has 2 rings (SSSR count). The third-order valence-electron chi connectivity index (χ3n) is 3.02. The van der Waals surface area contributed by atoms with Gasteiger partial charge in [0, 0.05) is 36.9 Å². The van der Waals surface area contributed by atoms with Gasteiger partial charge in [0.25, 0.3) is 5.69 Å². The Morgan fingerprint density at radius 2 is 1.86 bits per heavy atom. The average molecular weight is 342 g/mol. The highest BCUT2D eigenvalue weighted by Gasteiger charge is 2.36. The SMILES string of the molecule is COP(=O)(OC)C(Nc1ccc([N+](=O)[O-])cc1)c1cccs1. The molecule has 0 spiro atoms. The fraction of sp³-hybridized carbons (Fsp3) is 0.231. The van der Waals surface area contributed by atoms with Crippen LogP contribution in [-0.2, 0) is 13.6 Å². The van der Waals surface area contributed by atoms with Gasteiger partial charge in [-0.25, -0.2) is 0 Å². The molecule has 22 heavy (non-hydrogen) atoms. The van der Waals surface area contributed by atoms with Gasteiger partial charge < -0.3 is 14.4 Å². The van der Waals surface area contributed by atoms with E-state index in [9.17, 15) is 14.7 Å². The minimum atomic E-state index is -3.41. The lowest BCUT2D eigenvalue weighted by atomic mass is 10.3. The largest absolute Gasteiger partial charge is 0.367 e. The molecule has 1 aromatic carbocycles. The van der Waals surface area contributed by atoms with Crippen molar-refractivity contribution >= 4 is 30.3 Å². The maximum atomic E-state index is 12.7. The quantitative estimate of drug-likeness (QED) is 0.459. The Bertz CT molecular complexity index is 666. The fourth-order valence-electron chi connectivity index (χ4n) is 1.88. The molecule has 0 aliphatic carbocycles. The van der Waals surface area contributed by atoms with Crippen molar-refractivity contribution < 1.29 is 18.5 Å². The predicted molar refractivity (Wildman–Crippen MR) is 85.4 cm³/mol. The van der Waals surface area contributed by atoms with E-state index in [0.29, 0.717) is 5.69 Å². The summed E-state index contributed by atoms with van der Waals surface area (Å²) in [6.45, 7) is 0. The van der Waals surface area contributed by atoms with Crippen LogP contribution >= 0.6 is 18.9 Å². The number of hydrogen-bond donors (Lipinski definition) is 1. The van der Waals surface area contributed by atoms with Crippen molar-refractivity contribution in [3.8, 4) is 0 Å². The molecular weight excluding hydrogens is 327 g/mol. The standard InChI is InChI=1S/C13H15N2O5PS/c1-19-21(18,20-2)13(12-4-3-9-22-12)14-10-5-7-11(8-6-10)15(16)17/h3-9,13-14H,1-2H3. The van der Waals surface area contributed by atoms with Crippen LogP contribution in [0.25, 0.3) is 0 Å². The minimum absolute atomic E-state index is 0.0140. The van der Waals surface area contributed by atoms with E-state index in [2.05, 4.69) is 5.32 Å². The highest BCUT2D eigenvalue weighted by Crippen LogP contribution is 2.60. The van der Waals surface area contributed by atoms with Gasteiger partial charge in [-0.05, 0) is 23.6 Å². The second-order valence-corrected chi connectivity index (χ2v) is 7.58. The summed E-state index contributed by atoms with van der Waals surface area (Å²) in [6, 6.07) is 9.50.